The van der Waals surface area contributed by atoms with Crippen LogP contribution >= 0.6 is 11.6 Å². The monoisotopic (exact) mass is 654 g/mol. The van der Waals surface area contributed by atoms with E-state index in [1.807, 2.05) is 12.2 Å². The zero-order valence-electron chi connectivity index (χ0n) is 26.2. The number of ether oxygens (including phenoxy) is 2. The Hall–Kier alpha value is -2.44. The molecule has 0 amide bonds. The minimum Gasteiger partial charge on any atom is -0.491 e. The third kappa shape index (κ3) is 14.7. The van der Waals surface area contributed by atoms with Crippen LogP contribution in [0.4, 0.5) is 0 Å². The van der Waals surface area contributed by atoms with Gasteiger partial charge in [-0.1, -0.05) is 29.8 Å². The van der Waals surface area contributed by atoms with Gasteiger partial charge in [-0.25, -0.2) is 0 Å². The van der Waals surface area contributed by atoms with Crippen LogP contribution in [0.15, 0.2) is 36.4 Å². The number of benzene rings is 1. The minimum absolute atomic E-state index is 0.0802. The van der Waals surface area contributed by atoms with Crippen molar-refractivity contribution in [2.75, 3.05) is 39.5 Å². The van der Waals surface area contributed by atoms with E-state index in [1.54, 1.807) is 24.3 Å². The Bertz CT molecular complexity index is 1040. The molecule has 0 unspecified atom stereocenters. The third-order valence-corrected chi connectivity index (χ3v) is 9.20. The second-order valence-electron chi connectivity index (χ2n) is 12.4. The molecule has 5 atom stereocenters. The van der Waals surface area contributed by atoms with Crippen molar-refractivity contribution in [1.29, 1.82) is 0 Å². The van der Waals surface area contributed by atoms with Gasteiger partial charge >= 0.3 is 5.97 Å². The summed E-state index contributed by atoms with van der Waals surface area (Å²) in [6, 6.07) is 7.01. The van der Waals surface area contributed by atoms with E-state index in [4.69, 9.17) is 21.1 Å². The number of piperidine rings is 1. The minimum atomic E-state index is -0.737. The van der Waals surface area contributed by atoms with E-state index in [9.17, 15) is 30.2 Å². The fourth-order valence-electron chi connectivity index (χ4n) is 6.42. The molecule has 1 saturated heterocycles. The van der Waals surface area contributed by atoms with Crippen molar-refractivity contribution in [3.8, 4) is 5.75 Å². The number of aliphatic hydroxyl groups excluding tert-OH is 3. The Kier molecular flexibility index (Phi) is 17.0. The highest BCUT2D eigenvalue weighted by Gasteiger charge is 2.40. The SMILES string of the molecule is O=C(CCC/C=C\C[C@@H]1[C@@H](CC[C@@H](O)COc2cccc(Cl)c2)[C@H](O)C[C@@H]1O)OCCCN1CCC(CCCO[N+](=O)[O-])CC1. The van der Waals surface area contributed by atoms with Crippen LogP contribution < -0.4 is 4.74 Å². The molecule has 254 valence electrons. The van der Waals surface area contributed by atoms with E-state index in [1.165, 1.54) is 0 Å². The average molecular weight is 655 g/mol. The fraction of sp³-hybridized carbons (Fsp3) is 0.727. The van der Waals surface area contributed by atoms with Crippen LogP contribution in [0.1, 0.15) is 77.0 Å². The molecule has 2 aliphatic rings. The molecule has 2 fully saturated rings. The van der Waals surface area contributed by atoms with Crippen molar-refractivity contribution in [1.82, 2.24) is 4.90 Å². The van der Waals surface area contributed by atoms with Gasteiger partial charge in [0, 0.05) is 18.0 Å². The number of carbonyl (C=O) groups excluding carboxylic acids is 1. The van der Waals surface area contributed by atoms with Gasteiger partial charge in [0.1, 0.15) is 12.4 Å². The normalized spacial score (nSPS) is 23.3. The zero-order valence-corrected chi connectivity index (χ0v) is 27.0. The van der Waals surface area contributed by atoms with E-state index in [0.29, 0.717) is 68.2 Å². The van der Waals surface area contributed by atoms with Crippen LogP contribution in [0.2, 0.25) is 5.02 Å². The lowest BCUT2D eigenvalue weighted by atomic mass is 9.86. The summed E-state index contributed by atoms with van der Waals surface area (Å²) in [7, 11) is 0. The summed E-state index contributed by atoms with van der Waals surface area (Å²) < 4.78 is 11.0. The van der Waals surface area contributed by atoms with Gasteiger partial charge < -0.3 is 34.5 Å². The van der Waals surface area contributed by atoms with Gasteiger partial charge in [-0.05, 0) is 120 Å². The lowest BCUT2D eigenvalue weighted by Gasteiger charge is -2.31. The van der Waals surface area contributed by atoms with Crippen molar-refractivity contribution in [2.24, 2.45) is 17.8 Å². The number of hydrogen-bond acceptors (Lipinski definition) is 10. The van der Waals surface area contributed by atoms with E-state index in [2.05, 4.69) is 9.74 Å². The number of aliphatic hydroxyl groups is 3. The summed E-state index contributed by atoms with van der Waals surface area (Å²) in [4.78, 5) is 29.1. The number of unbranched alkanes of at least 4 members (excludes halogenated alkanes) is 1. The Balaban J connectivity index is 1.21. The molecule has 1 saturated carbocycles. The fourth-order valence-corrected chi connectivity index (χ4v) is 6.60. The molecule has 1 aliphatic heterocycles. The third-order valence-electron chi connectivity index (χ3n) is 8.96. The number of esters is 1. The molecule has 1 heterocycles. The van der Waals surface area contributed by atoms with Crippen LogP contribution in [0.3, 0.4) is 0 Å². The molecule has 1 aromatic carbocycles. The van der Waals surface area contributed by atoms with Crippen LogP contribution in [0.25, 0.3) is 0 Å². The number of halogens is 1. The molecule has 1 aromatic rings. The Labute approximate surface area is 271 Å². The Morgan fingerprint density at radius 3 is 2.62 bits per heavy atom. The van der Waals surface area contributed by atoms with E-state index in [-0.39, 0.29) is 31.0 Å². The van der Waals surface area contributed by atoms with Crippen molar-refractivity contribution in [2.45, 2.75) is 95.4 Å². The molecule has 11 nitrogen and oxygen atoms in total. The van der Waals surface area contributed by atoms with Crippen LogP contribution in [0, 0.1) is 27.9 Å². The number of likely N-dealkylation sites (tertiary alicyclic amines) is 1. The quantitative estimate of drug-likeness (QED) is 0.0545. The molecule has 12 heteroatoms. The lowest BCUT2D eigenvalue weighted by Crippen LogP contribution is -2.35. The second kappa shape index (κ2) is 20.6. The molecule has 0 bridgehead atoms. The van der Waals surface area contributed by atoms with Crippen molar-refractivity contribution in [3.63, 3.8) is 0 Å². The van der Waals surface area contributed by atoms with Gasteiger partial charge in [0.2, 0.25) is 0 Å². The molecule has 1 aliphatic carbocycles. The molecule has 0 aromatic heterocycles. The number of carbonyl (C=O) groups is 1. The van der Waals surface area contributed by atoms with Crippen molar-refractivity contribution >= 4 is 17.6 Å². The summed E-state index contributed by atoms with van der Waals surface area (Å²) >= 11 is 5.97. The molecule has 0 radical (unpaired) electrons. The van der Waals surface area contributed by atoms with Crippen molar-refractivity contribution < 1.29 is 39.5 Å². The van der Waals surface area contributed by atoms with Gasteiger partial charge in [0.15, 0.2) is 0 Å². The number of nitrogens with zero attached hydrogens (tertiary/aromatic N) is 2. The van der Waals surface area contributed by atoms with Crippen LogP contribution in [-0.4, -0.2) is 89.0 Å². The van der Waals surface area contributed by atoms with Crippen LogP contribution in [0.5, 0.6) is 5.75 Å². The Morgan fingerprint density at radius 2 is 1.87 bits per heavy atom. The molecule has 3 N–H and O–H groups in total. The number of allylic oxidation sites excluding steroid dienone is 2. The van der Waals surface area contributed by atoms with E-state index < -0.39 is 23.4 Å². The number of rotatable bonds is 21. The highest BCUT2D eigenvalue weighted by molar-refractivity contribution is 6.30. The maximum Gasteiger partial charge on any atom is 0.305 e. The van der Waals surface area contributed by atoms with E-state index >= 15 is 0 Å². The predicted molar refractivity (Wildman–Crippen MR) is 170 cm³/mol. The van der Waals surface area contributed by atoms with Gasteiger partial charge in [0.25, 0.3) is 5.09 Å². The first-order valence-electron chi connectivity index (χ1n) is 16.4. The molecular formula is C33H51ClN2O9. The summed E-state index contributed by atoms with van der Waals surface area (Å²) in [6.07, 6.45) is 10.6. The van der Waals surface area contributed by atoms with Gasteiger partial charge in [-0.3, -0.25) is 4.79 Å². The van der Waals surface area contributed by atoms with Gasteiger partial charge in [-0.15, -0.1) is 10.1 Å². The molecule has 0 spiro atoms. The summed E-state index contributed by atoms with van der Waals surface area (Å²) in [6.45, 7) is 3.61. The highest BCUT2D eigenvalue weighted by atomic mass is 35.5. The number of hydrogen-bond donors (Lipinski definition) is 3. The summed E-state index contributed by atoms with van der Waals surface area (Å²) in [5, 5.41) is 41.5. The summed E-state index contributed by atoms with van der Waals surface area (Å²) in [5.74, 6) is 0.812. The molecule has 45 heavy (non-hydrogen) atoms. The lowest BCUT2D eigenvalue weighted by molar-refractivity contribution is -0.757. The first-order valence-corrected chi connectivity index (χ1v) is 16.8. The average Bonchev–Trinajstić information content (AvgIpc) is 3.28. The smallest absolute Gasteiger partial charge is 0.305 e. The zero-order chi connectivity index (χ0) is 32.4. The standard InChI is InChI=1S/C33H51ClN2O9/c34-26-9-5-10-28(22-26)44-24-27(37)13-14-30-29(31(38)23-32(30)39)11-3-1-2-4-12-33(40)43-20-7-17-35-18-15-25(16-19-35)8-6-21-45-36(41)42/h1,3,5,9-10,22,25,27,29-32,37-39H,2,4,6-8,11-21,23-24H2/b3-1-/t27-,29-,30-,31+,32-/m1/s1. The summed E-state index contributed by atoms with van der Waals surface area (Å²) in [5.41, 5.74) is 0. The maximum atomic E-state index is 12.1. The largest absolute Gasteiger partial charge is 0.491 e. The van der Waals surface area contributed by atoms with Crippen LogP contribution in [-0.2, 0) is 14.4 Å². The van der Waals surface area contributed by atoms with Gasteiger partial charge in [-0.2, -0.15) is 0 Å². The maximum absolute atomic E-state index is 12.1. The Morgan fingerprint density at radius 1 is 1.09 bits per heavy atom. The first kappa shape index (κ1) is 37.0. The molecular weight excluding hydrogens is 604 g/mol. The topological polar surface area (TPSA) is 152 Å². The van der Waals surface area contributed by atoms with Crippen molar-refractivity contribution in [3.05, 3.63) is 51.6 Å². The van der Waals surface area contributed by atoms with E-state index in [0.717, 1.165) is 51.7 Å². The highest BCUT2D eigenvalue weighted by Crippen LogP contribution is 2.38. The first-order chi connectivity index (χ1) is 21.7. The molecule has 3 rings (SSSR count). The predicted octanol–water partition coefficient (Wildman–Crippen LogP) is 4.97. The van der Waals surface area contributed by atoms with Gasteiger partial charge in [0.05, 0.1) is 31.5 Å². The second-order valence-corrected chi connectivity index (χ2v) is 12.8.